The summed E-state index contributed by atoms with van der Waals surface area (Å²) in [4.78, 5) is 22.0. The summed E-state index contributed by atoms with van der Waals surface area (Å²) in [6.45, 7) is 4.44. The number of nitrogens with one attached hydrogen (secondary N) is 1. The third kappa shape index (κ3) is 3.34. The standard InChI is InChI=1S/C25H25N3O2/c1-16-14-26-17(2)23(28-16)18-8-9-22-19(12-18)13-21(30-22)15-27-24(29)25(10-11-25)20-6-4-3-5-7-20/h3-9,12,14,21H,10-11,13,15H2,1-2H3,(H,27,29)/t21-/m0/s1. The maximum atomic E-state index is 12.9. The van der Waals surface area contributed by atoms with E-state index < -0.39 is 0 Å². The van der Waals surface area contributed by atoms with Crippen molar-refractivity contribution >= 4 is 5.91 Å². The number of hydrogen-bond acceptors (Lipinski definition) is 4. The predicted molar refractivity (Wildman–Crippen MR) is 115 cm³/mol. The molecule has 1 fully saturated rings. The van der Waals surface area contributed by atoms with Gasteiger partial charge in [-0.25, -0.2) is 4.98 Å². The lowest BCUT2D eigenvalue weighted by atomic mass is 9.95. The molecule has 0 saturated heterocycles. The maximum Gasteiger partial charge on any atom is 0.230 e. The number of carbonyl (C=O) groups excluding carboxylic acids is 1. The van der Waals surface area contributed by atoms with Gasteiger partial charge in [0.25, 0.3) is 0 Å². The Morgan fingerprint density at radius 3 is 2.73 bits per heavy atom. The van der Waals surface area contributed by atoms with Gasteiger partial charge in [-0.15, -0.1) is 0 Å². The second-order valence-corrected chi connectivity index (χ2v) is 8.37. The monoisotopic (exact) mass is 399 g/mol. The van der Waals surface area contributed by atoms with E-state index >= 15 is 0 Å². The summed E-state index contributed by atoms with van der Waals surface area (Å²) in [5.74, 6) is 1.00. The number of amides is 1. The van der Waals surface area contributed by atoms with Gasteiger partial charge >= 0.3 is 0 Å². The summed E-state index contributed by atoms with van der Waals surface area (Å²) in [6, 6.07) is 16.2. The molecule has 5 nitrogen and oxygen atoms in total. The van der Waals surface area contributed by atoms with Gasteiger partial charge in [-0.1, -0.05) is 30.3 Å². The topological polar surface area (TPSA) is 64.1 Å². The van der Waals surface area contributed by atoms with Gasteiger partial charge in [0.1, 0.15) is 11.9 Å². The molecule has 0 unspecified atom stereocenters. The molecule has 5 heteroatoms. The van der Waals surface area contributed by atoms with Crippen LogP contribution in [0.25, 0.3) is 11.3 Å². The third-order valence-corrected chi connectivity index (χ3v) is 6.15. The molecule has 0 spiro atoms. The van der Waals surface area contributed by atoms with Gasteiger partial charge in [0.15, 0.2) is 0 Å². The van der Waals surface area contributed by atoms with Crippen molar-refractivity contribution in [2.24, 2.45) is 0 Å². The van der Waals surface area contributed by atoms with Crippen LogP contribution >= 0.6 is 0 Å². The Morgan fingerprint density at radius 2 is 1.97 bits per heavy atom. The SMILES string of the molecule is Cc1cnc(C)c(-c2ccc3c(c2)C[C@@H](CNC(=O)C2(c4ccccc4)CC2)O3)n1. The number of benzene rings is 2. The van der Waals surface area contributed by atoms with Crippen molar-refractivity contribution in [2.45, 2.75) is 44.6 Å². The van der Waals surface area contributed by atoms with Crippen LogP contribution in [0, 0.1) is 13.8 Å². The first kappa shape index (κ1) is 18.8. The fraction of sp³-hybridized carbons (Fsp3) is 0.320. The number of hydrogen-bond donors (Lipinski definition) is 1. The Morgan fingerprint density at radius 1 is 1.17 bits per heavy atom. The predicted octanol–water partition coefficient (Wildman–Crippen LogP) is 3.91. The molecule has 1 saturated carbocycles. The summed E-state index contributed by atoms with van der Waals surface area (Å²) >= 11 is 0. The zero-order valence-electron chi connectivity index (χ0n) is 17.3. The highest BCUT2D eigenvalue weighted by atomic mass is 16.5. The second-order valence-electron chi connectivity index (χ2n) is 8.37. The second kappa shape index (κ2) is 7.24. The molecule has 5 rings (SSSR count). The summed E-state index contributed by atoms with van der Waals surface area (Å²) < 4.78 is 6.09. The van der Waals surface area contributed by atoms with Crippen LogP contribution in [-0.2, 0) is 16.6 Å². The molecule has 3 aromatic rings. The summed E-state index contributed by atoms with van der Waals surface area (Å²) in [5.41, 5.74) is 5.70. The van der Waals surface area contributed by atoms with Crippen molar-refractivity contribution in [2.75, 3.05) is 6.54 Å². The maximum absolute atomic E-state index is 12.9. The average molecular weight is 399 g/mol. The molecular formula is C25H25N3O2. The van der Waals surface area contributed by atoms with Crippen LogP contribution in [0.15, 0.2) is 54.7 Å². The normalized spacial score (nSPS) is 18.4. The quantitative estimate of drug-likeness (QED) is 0.706. The molecule has 1 aromatic heterocycles. The number of aryl methyl sites for hydroxylation is 2. The minimum absolute atomic E-state index is 0.0459. The number of fused-ring (bicyclic) bond motifs is 1. The van der Waals surface area contributed by atoms with Gasteiger partial charge in [-0.3, -0.25) is 9.78 Å². The molecule has 152 valence electrons. The number of nitrogens with zero attached hydrogens (tertiary/aromatic N) is 2. The van der Waals surface area contributed by atoms with Crippen LogP contribution in [0.1, 0.15) is 35.4 Å². The largest absolute Gasteiger partial charge is 0.488 e. The van der Waals surface area contributed by atoms with Crippen LogP contribution in [0.2, 0.25) is 0 Å². The van der Waals surface area contributed by atoms with E-state index in [2.05, 4.69) is 21.4 Å². The van der Waals surface area contributed by atoms with E-state index in [9.17, 15) is 4.79 Å². The zero-order chi connectivity index (χ0) is 20.7. The minimum Gasteiger partial charge on any atom is -0.488 e. The van der Waals surface area contributed by atoms with Crippen molar-refractivity contribution in [3.05, 3.63) is 77.2 Å². The third-order valence-electron chi connectivity index (χ3n) is 6.15. The lowest BCUT2D eigenvalue weighted by molar-refractivity contribution is -0.123. The molecule has 1 N–H and O–H groups in total. The highest BCUT2D eigenvalue weighted by Crippen LogP contribution is 2.48. The molecule has 30 heavy (non-hydrogen) atoms. The first-order valence-electron chi connectivity index (χ1n) is 10.5. The van der Waals surface area contributed by atoms with Gasteiger partial charge in [-0.2, -0.15) is 0 Å². The van der Waals surface area contributed by atoms with Gasteiger partial charge < -0.3 is 10.1 Å². The molecule has 1 amide bonds. The Labute approximate surface area is 176 Å². The fourth-order valence-corrected chi connectivity index (χ4v) is 4.30. The van der Waals surface area contributed by atoms with Crippen LogP contribution < -0.4 is 10.1 Å². The van der Waals surface area contributed by atoms with Crippen LogP contribution in [0.3, 0.4) is 0 Å². The lowest BCUT2D eigenvalue weighted by Gasteiger charge is -2.18. The molecule has 1 atom stereocenters. The van der Waals surface area contributed by atoms with Crippen molar-refractivity contribution < 1.29 is 9.53 Å². The molecule has 2 aromatic carbocycles. The Hall–Kier alpha value is -3.21. The molecule has 2 aliphatic rings. The van der Waals surface area contributed by atoms with E-state index in [0.717, 1.165) is 58.8 Å². The van der Waals surface area contributed by atoms with E-state index in [-0.39, 0.29) is 17.4 Å². The Kier molecular flexibility index (Phi) is 4.54. The summed E-state index contributed by atoms with van der Waals surface area (Å²) in [7, 11) is 0. The molecule has 1 aliphatic heterocycles. The van der Waals surface area contributed by atoms with Crippen molar-refractivity contribution in [1.29, 1.82) is 0 Å². The van der Waals surface area contributed by atoms with Gasteiger partial charge in [0, 0.05) is 18.2 Å². The van der Waals surface area contributed by atoms with Gasteiger partial charge in [0.2, 0.25) is 5.91 Å². The van der Waals surface area contributed by atoms with E-state index in [1.807, 2.05) is 56.3 Å². The molecule has 2 heterocycles. The summed E-state index contributed by atoms with van der Waals surface area (Å²) in [5, 5.41) is 3.14. The minimum atomic E-state index is -0.346. The number of rotatable bonds is 5. The van der Waals surface area contributed by atoms with Gasteiger partial charge in [-0.05, 0) is 56.0 Å². The lowest BCUT2D eigenvalue weighted by Crippen LogP contribution is -2.40. The van der Waals surface area contributed by atoms with Crippen LogP contribution in [0.5, 0.6) is 5.75 Å². The van der Waals surface area contributed by atoms with Gasteiger partial charge in [0.05, 0.1) is 29.0 Å². The number of carbonyl (C=O) groups is 1. The van der Waals surface area contributed by atoms with Crippen LogP contribution in [0.4, 0.5) is 0 Å². The van der Waals surface area contributed by atoms with E-state index in [4.69, 9.17) is 4.74 Å². The zero-order valence-corrected chi connectivity index (χ0v) is 17.3. The molecular weight excluding hydrogens is 374 g/mol. The number of ether oxygens (including phenoxy) is 1. The van der Waals surface area contributed by atoms with E-state index in [0.29, 0.717) is 6.54 Å². The molecule has 0 radical (unpaired) electrons. The first-order chi connectivity index (χ1) is 14.5. The molecule has 0 bridgehead atoms. The van der Waals surface area contributed by atoms with E-state index in [1.165, 1.54) is 0 Å². The van der Waals surface area contributed by atoms with Crippen LogP contribution in [-0.4, -0.2) is 28.5 Å². The average Bonchev–Trinajstić information content (AvgIpc) is 3.48. The van der Waals surface area contributed by atoms with Crippen molar-refractivity contribution in [3.63, 3.8) is 0 Å². The molecule has 1 aliphatic carbocycles. The fourth-order valence-electron chi connectivity index (χ4n) is 4.30. The van der Waals surface area contributed by atoms with Crippen molar-refractivity contribution in [3.8, 4) is 17.0 Å². The van der Waals surface area contributed by atoms with E-state index in [1.54, 1.807) is 6.20 Å². The summed E-state index contributed by atoms with van der Waals surface area (Å²) in [6.07, 6.45) is 4.34. The van der Waals surface area contributed by atoms with Crippen molar-refractivity contribution in [1.82, 2.24) is 15.3 Å². The highest BCUT2D eigenvalue weighted by Gasteiger charge is 2.51. The first-order valence-corrected chi connectivity index (χ1v) is 10.5. The smallest absolute Gasteiger partial charge is 0.230 e. The Balaban J connectivity index is 1.26. The highest BCUT2D eigenvalue weighted by molar-refractivity contribution is 5.91. The Bertz CT molecular complexity index is 1110. The number of aromatic nitrogens is 2.